The molecule has 0 saturated carbocycles. The molecule has 1 aromatic carbocycles. The van der Waals surface area contributed by atoms with Gasteiger partial charge in [0.15, 0.2) is 0 Å². The summed E-state index contributed by atoms with van der Waals surface area (Å²) in [4.78, 5) is 2.64. The van der Waals surface area contributed by atoms with E-state index in [0.29, 0.717) is 0 Å². The van der Waals surface area contributed by atoms with Crippen molar-refractivity contribution >= 4 is 64.8 Å². The quantitative estimate of drug-likeness (QED) is 0.622. The van der Waals surface area contributed by atoms with Gasteiger partial charge in [-0.1, -0.05) is 15.9 Å². The Bertz CT molecular complexity index is 517. The van der Waals surface area contributed by atoms with Gasteiger partial charge in [-0.15, -0.1) is 11.3 Å². The van der Waals surface area contributed by atoms with E-state index in [1.54, 1.807) is 0 Å². The summed E-state index contributed by atoms with van der Waals surface area (Å²) in [7, 11) is 0. The van der Waals surface area contributed by atoms with Gasteiger partial charge in [0.2, 0.25) is 0 Å². The normalized spacial score (nSPS) is 10.6. The summed E-state index contributed by atoms with van der Waals surface area (Å²) in [5.41, 5.74) is 1.11. The molecule has 17 heavy (non-hydrogen) atoms. The highest BCUT2D eigenvalue weighted by Crippen LogP contribution is 2.29. The van der Waals surface area contributed by atoms with Crippen molar-refractivity contribution in [2.24, 2.45) is 0 Å². The van der Waals surface area contributed by atoms with Gasteiger partial charge in [0.05, 0.1) is 0 Å². The standard InChI is InChI=1S/C12H10Br3NS/c1-7-10(14)5-9(17-7)6-16-12-3-2-8(13)4-11(12)15/h2-5,16H,6H2,1H3. The molecule has 0 bridgehead atoms. The molecule has 0 fully saturated rings. The first-order chi connectivity index (χ1) is 8.06. The SMILES string of the molecule is Cc1sc(CNc2ccc(Br)cc2Br)cc1Br. The molecule has 0 atom stereocenters. The van der Waals surface area contributed by atoms with Crippen LogP contribution in [0.1, 0.15) is 9.75 Å². The molecule has 0 amide bonds. The second-order valence-electron chi connectivity index (χ2n) is 3.59. The Balaban J connectivity index is 2.07. The van der Waals surface area contributed by atoms with Crippen molar-refractivity contribution in [3.8, 4) is 0 Å². The molecule has 0 radical (unpaired) electrons. The van der Waals surface area contributed by atoms with E-state index in [2.05, 4.69) is 72.2 Å². The first kappa shape index (κ1) is 13.6. The Morgan fingerprint density at radius 3 is 2.47 bits per heavy atom. The fourth-order valence-corrected chi connectivity index (χ4v) is 4.15. The van der Waals surface area contributed by atoms with Crippen LogP contribution in [0.3, 0.4) is 0 Å². The van der Waals surface area contributed by atoms with Crippen LogP contribution in [0.2, 0.25) is 0 Å². The van der Waals surface area contributed by atoms with Gasteiger partial charge >= 0.3 is 0 Å². The molecule has 1 heterocycles. The Labute approximate surface area is 130 Å². The maximum atomic E-state index is 3.54. The van der Waals surface area contributed by atoms with E-state index >= 15 is 0 Å². The summed E-state index contributed by atoms with van der Waals surface area (Å²) in [6, 6.07) is 8.30. The molecule has 0 aliphatic carbocycles. The zero-order valence-electron chi connectivity index (χ0n) is 9.06. The van der Waals surface area contributed by atoms with Crippen molar-refractivity contribution in [2.45, 2.75) is 13.5 Å². The minimum atomic E-state index is 0.845. The van der Waals surface area contributed by atoms with Gasteiger partial charge in [-0.25, -0.2) is 0 Å². The number of hydrogen-bond acceptors (Lipinski definition) is 2. The van der Waals surface area contributed by atoms with Gasteiger partial charge in [0.1, 0.15) is 0 Å². The lowest BCUT2D eigenvalue weighted by atomic mass is 10.3. The average Bonchev–Trinajstić information content (AvgIpc) is 2.57. The van der Waals surface area contributed by atoms with Gasteiger partial charge in [-0.2, -0.15) is 0 Å². The molecule has 2 aromatic rings. The average molecular weight is 440 g/mol. The molecular formula is C12H10Br3NS. The smallest absolute Gasteiger partial charge is 0.0495 e. The van der Waals surface area contributed by atoms with E-state index in [4.69, 9.17) is 0 Å². The van der Waals surface area contributed by atoms with Gasteiger partial charge in [-0.05, 0) is 63.0 Å². The van der Waals surface area contributed by atoms with Gasteiger partial charge < -0.3 is 5.32 Å². The predicted molar refractivity (Wildman–Crippen MR) is 85.9 cm³/mol. The molecule has 2 rings (SSSR count). The van der Waals surface area contributed by atoms with Crippen LogP contribution in [-0.4, -0.2) is 0 Å². The van der Waals surface area contributed by atoms with Crippen LogP contribution in [0.4, 0.5) is 5.69 Å². The van der Waals surface area contributed by atoms with E-state index < -0.39 is 0 Å². The van der Waals surface area contributed by atoms with Crippen molar-refractivity contribution in [2.75, 3.05) is 5.32 Å². The summed E-state index contributed by atoms with van der Waals surface area (Å²) >= 11 is 12.3. The number of halogens is 3. The minimum absolute atomic E-state index is 0.845. The monoisotopic (exact) mass is 437 g/mol. The molecule has 0 unspecified atom stereocenters. The number of anilines is 1. The van der Waals surface area contributed by atoms with Crippen molar-refractivity contribution in [1.82, 2.24) is 0 Å². The van der Waals surface area contributed by atoms with Crippen LogP contribution >= 0.6 is 59.1 Å². The Hall–Kier alpha value is 0.160. The predicted octanol–water partition coefficient (Wildman–Crippen LogP) is 5.96. The third-order valence-electron chi connectivity index (χ3n) is 2.29. The van der Waals surface area contributed by atoms with Crippen LogP contribution in [0.25, 0.3) is 0 Å². The second-order valence-corrected chi connectivity index (χ2v) is 7.56. The number of nitrogens with one attached hydrogen (secondary N) is 1. The van der Waals surface area contributed by atoms with Crippen molar-refractivity contribution in [3.05, 3.63) is 47.4 Å². The first-order valence-corrected chi connectivity index (χ1v) is 8.19. The molecule has 0 spiro atoms. The summed E-state index contributed by atoms with van der Waals surface area (Å²) < 4.78 is 3.33. The van der Waals surface area contributed by atoms with Gasteiger partial charge in [-0.3, -0.25) is 0 Å². The lowest BCUT2D eigenvalue weighted by molar-refractivity contribution is 1.19. The number of rotatable bonds is 3. The second kappa shape index (κ2) is 5.87. The van der Waals surface area contributed by atoms with Crippen molar-refractivity contribution in [1.29, 1.82) is 0 Å². The molecule has 5 heteroatoms. The molecule has 0 aliphatic heterocycles. The van der Waals surface area contributed by atoms with Crippen LogP contribution in [-0.2, 0) is 6.54 Å². The fraction of sp³-hybridized carbons (Fsp3) is 0.167. The summed E-state index contributed by atoms with van der Waals surface area (Å²) in [5.74, 6) is 0. The molecular weight excluding hydrogens is 430 g/mol. The van der Waals surface area contributed by atoms with E-state index in [1.165, 1.54) is 14.2 Å². The lowest BCUT2D eigenvalue weighted by Crippen LogP contribution is -1.97. The molecule has 0 saturated heterocycles. The molecule has 1 aromatic heterocycles. The van der Waals surface area contributed by atoms with Crippen LogP contribution < -0.4 is 5.32 Å². The third-order valence-corrected chi connectivity index (χ3v) is 5.58. The van der Waals surface area contributed by atoms with Gasteiger partial charge in [0.25, 0.3) is 0 Å². The van der Waals surface area contributed by atoms with Crippen LogP contribution in [0.5, 0.6) is 0 Å². The number of hydrogen-bond donors (Lipinski definition) is 1. The molecule has 90 valence electrons. The zero-order valence-corrected chi connectivity index (χ0v) is 14.6. The van der Waals surface area contributed by atoms with Crippen molar-refractivity contribution in [3.63, 3.8) is 0 Å². The minimum Gasteiger partial charge on any atom is -0.379 e. The highest BCUT2D eigenvalue weighted by Gasteiger charge is 2.04. The topological polar surface area (TPSA) is 12.0 Å². The van der Waals surface area contributed by atoms with Gasteiger partial charge in [0, 0.05) is 35.4 Å². The van der Waals surface area contributed by atoms with Crippen molar-refractivity contribution < 1.29 is 0 Å². The van der Waals surface area contributed by atoms with E-state index in [1.807, 2.05) is 23.5 Å². The molecule has 1 N–H and O–H groups in total. The largest absolute Gasteiger partial charge is 0.379 e. The first-order valence-electron chi connectivity index (χ1n) is 5.00. The fourth-order valence-electron chi connectivity index (χ4n) is 1.42. The zero-order chi connectivity index (χ0) is 12.4. The highest BCUT2D eigenvalue weighted by atomic mass is 79.9. The Morgan fingerprint density at radius 2 is 1.88 bits per heavy atom. The lowest BCUT2D eigenvalue weighted by Gasteiger charge is -2.07. The summed E-state index contributed by atoms with van der Waals surface area (Å²) in [6.45, 7) is 2.96. The van der Waals surface area contributed by atoms with E-state index in [9.17, 15) is 0 Å². The maximum absolute atomic E-state index is 3.54. The Morgan fingerprint density at radius 1 is 1.12 bits per heavy atom. The van der Waals surface area contributed by atoms with Crippen LogP contribution in [0, 0.1) is 6.92 Å². The summed E-state index contributed by atoms with van der Waals surface area (Å²) in [5, 5.41) is 3.42. The molecule has 0 aliphatic rings. The van der Waals surface area contributed by atoms with E-state index in [-0.39, 0.29) is 0 Å². The summed E-state index contributed by atoms with van der Waals surface area (Å²) in [6.07, 6.45) is 0. The molecule has 1 nitrogen and oxygen atoms in total. The van der Waals surface area contributed by atoms with E-state index in [0.717, 1.165) is 21.2 Å². The maximum Gasteiger partial charge on any atom is 0.0495 e. The number of thiophene rings is 1. The number of aryl methyl sites for hydroxylation is 1. The Kier molecular flexibility index (Phi) is 4.69. The highest BCUT2D eigenvalue weighted by molar-refractivity contribution is 9.11. The van der Waals surface area contributed by atoms with Crippen LogP contribution in [0.15, 0.2) is 37.7 Å². The third kappa shape index (κ3) is 3.56. The number of benzene rings is 1.